The molecule has 3 amide bonds. The first-order valence-corrected chi connectivity index (χ1v) is 10.8. The summed E-state index contributed by atoms with van der Waals surface area (Å²) in [5.41, 5.74) is 1.52. The maximum atomic E-state index is 13.1. The fourth-order valence-electron chi connectivity index (χ4n) is 3.05. The molecule has 2 aromatic rings. The third kappa shape index (κ3) is 5.10. The van der Waals surface area contributed by atoms with Crippen LogP contribution < -0.4 is 14.9 Å². The number of sulfonamides is 1. The summed E-state index contributed by atoms with van der Waals surface area (Å²) in [7, 11) is -3.88. The molecule has 9 nitrogen and oxygen atoms in total. The SMILES string of the molecule is C=CCNC(=O)NC(=O)COC(=O)c1cccc(S(=O)(=O)N2CCc3ccccc32)c1. The van der Waals surface area contributed by atoms with Crippen molar-refractivity contribution in [3.63, 3.8) is 0 Å². The number of ether oxygens (including phenoxy) is 1. The fourth-order valence-corrected chi connectivity index (χ4v) is 4.60. The number of fused-ring (bicyclic) bond motifs is 1. The van der Waals surface area contributed by atoms with Crippen molar-refractivity contribution in [3.05, 3.63) is 72.3 Å². The summed E-state index contributed by atoms with van der Waals surface area (Å²) in [5, 5.41) is 4.33. The van der Waals surface area contributed by atoms with Crippen LogP contribution in [-0.2, 0) is 26.0 Å². The first kappa shape index (κ1) is 22.0. The zero-order valence-corrected chi connectivity index (χ0v) is 17.4. The predicted molar refractivity (Wildman–Crippen MR) is 113 cm³/mol. The Hall–Kier alpha value is -3.66. The number of amides is 3. The molecule has 1 aliphatic heterocycles. The molecule has 1 aliphatic rings. The third-order valence-electron chi connectivity index (χ3n) is 4.50. The van der Waals surface area contributed by atoms with Crippen molar-refractivity contribution < 1.29 is 27.5 Å². The van der Waals surface area contributed by atoms with Gasteiger partial charge in [-0.05, 0) is 36.2 Å². The van der Waals surface area contributed by atoms with Crippen molar-refractivity contribution in [2.24, 2.45) is 0 Å². The second-order valence-corrected chi connectivity index (χ2v) is 8.47. The van der Waals surface area contributed by atoms with Gasteiger partial charge in [0.25, 0.3) is 15.9 Å². The Morgan fingerprint density at radius 3 is 2.68 bits per heavy atom. The van der Waals surface area contributed by atoms with Gasteiger partial charge in [0.15, 0.2) is 6.61 Å². The minimum atomic E-state index is -3.88. The van der Waals surface area contributed by atoms with Crippen LogP contribution in [0.2, 0.25) is 0 Å². The molecule has 0 atom stereocenters. The summed E-state index contributed by atoms with van der Waals surface area (Å²) in [5.74, 6) is -1.71. The van der Waals surface area contributed by atoms with E-state index in [1.807, 2.05) is 17.4 Å². The molecule has 2 aromatic carbocycles. The van der Waals surface area contributed by atoms with Gasteiger partial charge in [-0.3, -0.25) is 14.4 Å². The number of carbonyl (C=O) groups excluding carboxylic acids is 3. The number of carbonyl (C=O) groups is 3. The van der Waals surface area contributed by atoms with E-state index in [-0.39, 0.29) is 17.0 Å². The maximum absolute atomic E-state index is 13.1. The van der Waals surface area contributed by atoms with Gasteiger partial charge in [-0.2, -0.15) is 0 Å². The van der Waals surface area contributed by atoms with Crippen LogP contribution in [0.3, 0.4) is 0 Å². The maximum Gasteiger partial charge on any atom is 0.338 e. The molecular formula is C21H21N3O6S. The lowest BCUT2D eigenvalue weighted by molar-refractivity contribution is -0.123. The smallest absolute Gasteiger partial charge is 0.338 e. The van der Waals surface area contributed by atoms with E-state index < -0.39 is 34.5 Å². The quantitative estimate of drug-likeness (QED) is 0.495. The van der Waals surface area contributed by atoms with Crippen LogP contribution in [0.4, 0.5) is 10.5 Å². The van der Waals surface area contributed by atoms with Crippen LogP contribution in [0.25, 0.3) is 0 Å². The second kappa shape index (κ2) is 9.43. The monoisotopic (exact) mass is 443 g/mol. The third-order valence-corrected chi connectivity index (χ3v) is 6.31. The van der Waals surface area contributed by atoms with Crippen LogP contribution in [0, 0.1) is 0 Å². The Morgan fingerprint density at radius 1 is 1.13 bits per heavy atom. The van der Waals surface area contributed by atoms with Gasteiger partial charge < -0.3 is 10.1 Å². The molecule has 0 bridgehead atoms. The number of nitrogens with one attached hydrogen (secondary N) is 2. The van der Waals surface area contributed by atoms with Crippen molar-refractivity contribution in [3.8, 4) is 0 Å². The Labute approximate surface area is 179 Å². The van der Waals surface area contributed by atoms with Gasteiger partial charge in [0.1, 0.15) is 0 Å². The number of hydrogen-bond donors (Lipinski definition) is 2. The van der Waals surface area contributed by atoms with E-state index in [1.165, 1.54) is 34.6 Å². The van der Waals surface area contributed by atoms with Crippen molar-refractivity contribution in [1.82, 2.24) is 10.6 Å². The Balaban J connectivity index is 1.67. The lowest BCUT2D eigenvalue weighted by atomic mass is 10.2. The summed E-state index contributed by atoms with van der Waals surface area (Å²) in [6.45, 7) is 3.20. The van der Waals surface area contributed by atoms with Gasteiger partial charge >= 0.3 is 12.0 Å². The van der Waals surface area contributed by atoms with E-state index in [2.05, 4.69) is 11.9 Å². The second-order valence-electron chi connectivity index (χ2n) is 6.61. The minimum absolute atomic E-state index is 0.0301. The largest absolute Gasteiger partial charge is 0.452 e. The summed E-state index contributed by atoms with van der Waals surface area (Å²) in [6, 6.07) is 11.9. The number of hydrogen-bond acceptors (Lipinski definition) is 6. The molecule has 162 valence electrons. The van der Waals surface area contributed by atoms with Crippen molar-refractivity contribution in [2.45, 2.75) is 11.3 Å². The van der Waals surface area contributed by atoms with Crippen LogP contribution in [-0.4, -0.2) is 46.0 Å². The molecule has 0 aromatic heterocycles. The molecule has 3 rings (SSSR count). The predicted octanol–water partition coefficient (Wildman–Crippen LogP) is 1.61. The normalized spacial score (nSPS) is 12.6. The van der Waals surface area contributed by atoms with Crippen molar-refractivity contribution in [2.75, 3.05) is 24.0 Å². The highest BCUT2D eigenvalue weighted by Gasteiger charge is 2.31. The van der Waals surface area contributed by atoms with Gasteiger partial charge in [-0.25, -0.2) is 18.0 Å². The minimum Gasteiger partial charge on any atom is -0.452 e. The van der Waals surface area contributed by atoms with Gasteiger partial charge in [0.05, 0.1) is 16.1 Å². The van der Waals surface area contributed by atoms with Crippen molar-refractivity contribution in [1.29, 1.82) is 0 Å². The Bertz CT molecular complexity index is 1130. The molecule has 0 unspecified atom stereocenters. The molecule has 0 radical (unpaired) electrons. The first-order valence-electron chi connectivity index (χ1n) is 9.39. The van der Waals surface area contributed by atoms with E-state index in [0.717, 1.165) is 5.56 Å². The molecule has 0 saturated carbocycles. The molecule has 0 aliphatic carbocycles. The van der Waals surface area contributed by atoms with E-state index >= 15 is 0 Å². The average Bonchev–Trinajstić information content (AvgIpc) is 3.21. The molecule has 31 heavy (non-hydrogen) atoms. The number of esters is 1. The number of rotatable bonds is 7. The van der Waals surface area contributed by atoms with E-state index in [9.17, 15) is 22.8 Å². The summed E-state index contributed by atoms with van der Waals surface area (Å²) in [4.78, 5) is 35.3. The summed E-state index contributed by atoms with van der Waals surface area (Å²) < 4.78 is 32.4. The van der Waals surface area contributed by atoms with Crippen molar-refractivity contribution >= 4 is 33.6 Å². The number of anilines is 1. The van der Waals surface area contributed by atoms with Gasteiger partial charge in [0.2, 0.25) is 0 Å². The molecule has 2 N–H and O–H groups in total. The fraction of sp³-hybridized carbons (Fsp3) is 0.190. The Kier molecular flexibility index (Phi) is 6.71. The molecule has 0 fully saturated rings. The van der Waals surface area contributed by atoms with E-state index in [1.54, 1.807) is 12.1 Å². The number of nitrogens with zero attached hydrogens (tertiary/aromatic N) is 1. The summed E-state index contributed by atoms with van der Waals surface area (Å²) >= 11 is 0. The highest BCUT2D eigenvalue weighted by Crippen LogP contribution is 2.32. The molecule has 0 saturated heterocycles. The van der Waals surface area contributed by atoms with Crippen LogP contribution in [0.15, 0.2) is 66.1 Å². The van der Waals surface area contributed by atoms with Gasteiger partial charge in [-0.1, -0.05) is 30.3 Å². The zero-order chi connectivity index (χ0) is 22.4. The average molecular weight is 443 g/mol. The first-order chi connectivity index (χ1) is 14.8. The van der Waals surface area contributed by atoms with Crippen LogP contribution in [0.1, 0.15) is 15.9 Å². The molecule has 0 spiro atoms. The van der Waals surface area contributed by atoms with Gasteiger partial charge in [-0.15, -0.1) is 6.58 Å². The lowest BCUT2D eigenvalue weighted by Gasteiger charge is -2.19. The molecule has 1 heterocycles. The van der Waals surface area contributed by atoms with E-state index in [4.69, 9.17) is 4.74 Å². The van der Waals surface area contributed by atoms with E-state index in [0.29, 0.717) is 18.7 Å². The number of benzene rings is 2. The zero-order valence-electron chi connectivity index (χ0n) is 16.5. The standard InChI is InChI=1S/C21H21N3O6S/c1-2-11-22-21(27)23-19(25)14-30-20(26)16-7-5-8-17(13-16)31(28,29)24-12-10-15-6-3-4-9-18(15)24/h2-9,13H,1,10-12,14H2,(H2,22,23,25,27). The highest BCUT2D eigenvalue weighted by molar-refractivity contribution is 7.92. The Morgan fingerprint density at radius 2 is 1.90 bits per heavy atom. The van der Waals surface area contributed by atoms with Crippen LogP contribution in [0.5, 0.6) is 0 Å². The number of imide groups is 1. The molecule has 10 heteroatoms. The lowest BCUT2D eigenvalue weighted by Crippen LogP contribution is -2.41. The highest BCUT2D eigenvalue weighted by atomic mass is 32.2. The molecular weight excluding hydrogens is 422 g/mol. The topological polar surface area (TPSA) is 122 Å². The summed E-state index contributed by atoms with van der Waals surface area (Å²) in [6.07, 6.45) is 2.04. The number of para-hydroxylation sites is 1. The van der Waals surface area contributed by atoms with Gasteiger partial charge in [0, 0.05) is 13.1 Å². The number of urea groups is 1. The van der Waals surface area contributed by atoms with Crippen LogP contribution >= 0.6 is 0 Å².